The summed E-state index contributed by atoms with van der Waals surface area (Å²) in [5.41, 5.74) is 6.68. The first-order chi connectivity index (χ1) is 9.15. The molecule has 0 unspecified atom stereocenters. The van der Waals surface area contributed by atoms with Crippen LogP contribution < -0.4 is 10.9 Å². The highest BCUT2D eigenvalue weighted by atomic mass is 16.2. The summed E-state index contributed by atoms with van der Waals surface area (Å²) in [6.45, 7) is 2.07. The van der Waals surface area contributed by atoms with Crippen LogP contribution in [-0.4, -0.2) is 18.1 Å². The number of carbonyl (C=O) groups excluding carboxylic acids is 3. The number of hydrazine groups is 1. The van der Waals surface area contributed by atoms with Crippen LogP contribution in [0.15, 0.2) is 24.3 Å². The molecule has 0 aromatic heterocycles. The maximum atomic E-state index is 11.5. The van der Waals surface area contributed by atoms with Gasteiger partial charge in [0.15, 0.2) is 0 Å². The predicted molar refractivity (Wildman–Crippen MR) is 71.1 cm³/mol. The van der Waals surface area contributed by atoms with Crippen LogP contribution in [0.5, 0.6) is 0 Å². The third-order valence-electron chi connectivity index (χ3n) is 2.63. The van der Waals surface area contributed by atoms with E-state index in [1.807, 2.05) is 24.3 Å². The Labute approximate surface area is 112 Å². The fourth-order valence-electron chi connectivity index (χ4n) is 1.51. The fourth-order valence-corrected chi connectivity index (χ4v) is 1.51. The van der Waals surface area contributed by atoms with Gasteiger partial charge in [-0.1, -0.05) is 31.2 Å². The molecule has 1 rings (SSSR count). The van der Waals surface area contributed by atoms with Crippen molar-refractivity contribution >= 4 is 18.1 Å². The van der Waals surface area contributed by atoms with E-state index in [1.54, 1.807) is 0 Å². The summed E-state index contributed by atoms with van der Waals surface area (Å²) in [5.74, 6) is -0.662. The van der Waals surface area contributed by atoms with E-state index in [0.717, 1.165) is 12.0 Å². The molecular formula is C14H18N2O3. The van der Waals surface area contributed by atoms with Gasteiger partial charge in [-0.3, -0.25) is 20.4 Å². The average molecular weight is 262 g/mol. The molecule has 0 atom stereocenters. The normalized spacial score (nSPS) is 9.74. The minimum absolute atomic E-state index is 0.0784. The number of hydrogen-bond acceptors (Lipinski definition) is 3. The summed E-state index contributed by atoms with van der Waals surface area (Å²) in [7, 11) is 0. The lowest BCUT2D eigenvalue weighted by atomic mass is 10.1. The first-order valence-electron chi connectivity index (χ1n) is 6.24. The maximum Gasteiger partial charge on any atom is 0.242 e. The van der Waals surface area contributed by atoms with Crippen molar-refractivity contribution in [3.63, 3.8) is 0 Å². The van der Waals surface area contributed by atoms with Crippen LogP contribution in [0.4, 0.5) is 0 Å². The quantitative estimate of drug-likeness (QED) is 0.591. The zero-order valence-electron chi connectivity index (χ0n) is 10.9. The van der Waals surface area contributed by atoms with Crippen molar-refractivity contribution < 1.29 is 14.4 Å². The van der Waals surface area contributed by atoms with Crippen LogP contribution in [0.3, 0.4) is 0 Å². The van der Waals surface area contributed by atoms with Crippen LogP contribution in [-0.2, 0) is 27.2 Å². The summed E-state index contributed by atoms with van der Waals surface area (Å²) in [6, 6.07) is 7.75. The number of hydrogen-bond donors (Lipinski definition) is 2. The van der Waals surface area contributed by atoms with E-state index in [4.69, 9.17) is 0 Å². The molecule has 0 bridgehead atoms. The van der Waals surface area contributed by atoms with Gasteiger partial charge >= 0.3 is 0 Å². The molecule has 0 aliphatic rings. The van der Waals surface area contributed by atoms with Crippen molar-refractivity contribution in [3.05, 3.63) is 35.4 Å². The lowest BCUT2D eigenvalue weighted by Crippen LogP contribution is -2.42. The largest absolute Gasteiger partial charge is 0.303 e. The van der Waals surface area contributed by atoms with Crippen molar-refractivity contribution in [2.75, 3.05) is 0 Å². The van der Waals surface area contributed by atoms with Crippen LogP contribution >= 0.6 is 0 Å². The van der Waals surface area contributed by atoms with E-state index in [9.17, 15) is 14.4 Å². The lowest BCUT2D eigenvalue weighted by Gasteiger charge is -2.07. The number of nitrogens with one attached hydrogen (secondary N) is 2. The second-order valence-corrected chi connectivity index (χ2v) is 4.15. The first-order valence-corrected chi connectivity index (χ1v) is 6.24. The second kappa shape index (κ2) is 8.02. The Balaban J connectivity index is 2.34. The number of aryl methyl sites for hydroxylation is 1. The van der Waals surface area contributed by atoms with Gasteiger partial charge in [0.2, 0.25) is 11.8 Å². The van der Waals surface area contributed by atoms with Gasteiger partial charge < -0.3 is 4.79 Å². The summed E-state index contributed by atoms with van der Waals surface area (Å²) in [5, 5.41) is 0. The van der Waals surface area contributed by atoms with Gasteiger partial charge in [0.25, 0.3) is 0 Å². The molecule has 0 spiro atoms. The smallest absolute Gasteiger partial charge is 0.242 e. The molecule has 0 radical (unpaired) electrons. The molecule has 0 aliphatic carbocycles. The van der Waals surface area contributed by atoms with E-state index in [-0.39, 0.29) is 31.1 Å². The number of benzene rings is 1. The van der Waals surface area contributed by atoms with Gasteiger partial charge in [-0.25, -0.2) is 0 Å². The zero-order chi connectivity index (χ0) is 14.1. The zero-order valence-corrected chi connectivity index (χ0v) is 10.9. The molecule has 0 heterocycles. The highest BCUT2D eigenvalue weighted by Crippen LogP contribution is 2.05. The lowest BCUT2D eigenvalue weighted by molar-refractivity contribution is -0.128. The van der Waals surface area contributed by atoms with Gasteiger partial charge in [0.1, 0.15) is 6.29 Å². The monoisotopic (exact) mass is 262 g/mol. The maximum absolute atomic E-state index is 11.5. The van der Waals surface area contributed by atoms with Gasteiger partial charge in [-0.2, -0.15) is 0 Å². The molecular weight excluding hydrogens is 244 g/mol. The van der Waals surface area contributed by atoms with E-state index in [2.05, 4.69) is 17.8 Å². The molecule has 5 nitrogen and oxygen atoms in total. The van der Waals surface area contributed by atoms with Crippen molar-refractivity contribution in [1.82, 2.24) is 10.9 Å². The third kappa shape index (κ3) is 5.81. The Morgan fingerprint density at radius 2 is 1.63 bits per heavy atom. The molecule has 0 aliphatic heterocycles. The number of rotatable bonds is 6. The van der Waals surface area contributed by atoms with Crippen molar-refractivity contribution in [3.8, 4) is 0 Å². The highest BCUT2D eigenvalue weighted by molar-refractivity contribution is 5.83. The second-order valence-electron chi connectivity index (χ2n) is 4.15. The van der Waals surface area contributed by atoms with Crippen molar-refractivity contribution in [1.29, 1.82) is 0 Å². The Kier molecular flexibility index (Phi) is 6.29. The van der Waals surface area contributed by atoms with Crippen LogP contribution in [0.2, 0.25) is 0 Å². The van der Waals surface area contributed by atoms with E-state index in [0.29, 0.717) is 6.29 Å². The SMILES string of the molecule is CCc1ccc(CC(=O)NNC(=O)CCC=O)cc1. The van der Waals surface area contributed by atoms with Crippen LogP contribution in [0, 0.1) is 0 Å². The van der Waals surface area contributed by atoms with Gasteiger partial charge in [0.05, 0.1) is 6.42 Å². The Morgan fingerprint density at radius 3 is 2.21 bits per heavy atom. The summed E-state index contributed by atoms with van der Waals surface area (Å²) in [4.78, 5) is 32.8. The van der Waals surface area contributed by atoms with E-state index < -0.39 is 0 Å². The molecule has 1 aromatic carbocycles. The molecule has 2 amide bonds. The molecule has 5 heteroatoms. The van der Waals surface area contributed by atoms with Crippen molar-refractivity contribution in [2.24, 2.45) is 0 Å². The molecule has 1 aromatic rings. The summed E-state index contributed by atoms with van der Waals surface area (Å²) < 4.78 is 0. The number of carbonyl (C=O) groups is 3. The fraction of sp³-hybridized carbons (Fsp3) is 0.357. The minimum Gasteiger partial charge on any atom is -0.303 e. The van der Waals surface area contributed by atoms with Crippen LogP contribution in [0.25, 0.3) is 0 Å². The molecule has 0 saturated carbocycles. The highest BCUT2D eigenvalue weighted by Gasteiger charge is 2.05. The standard InChI is InChI=1S/C14H18N2O3/c1-2-11-5-7-12(8-6-11)10-14(19)16-15-13(18)4-3-9-17/h5-9H,2-4,10H2,1H3,(H,15,18)(H,16,19). The van der Waals surface area contributed by atoms with Gasteiger partial charge in [-0.15, -0.1) is 0 Å². The van der Waals surface area contributed by atoms with Crippen LogP contribution in [0.1, 0.15) is 30.9 Å². The first kappa shape index (κ1) is 14.9. The van der Waals surface area contributed by atoms with E-state index >= 15 is 0 Å². The average Bonchev–Trinajstić information content (AvgIpc) is 2.43. The Morgan fingerprint density at radius 1 is 1.05 bits per heavy atom. The third-order valence-corrected chi connectivity index (χ3v) is 2.63. The predicted octanol–water partition coefficient (Wildman–Crippen LogP) is 0.918. The minimum atomic E-state index is -0.373. The van der Waals surface area contributed by atoms with Gasteiger partial charge in [-0.05, 0) is 17.5 Å². The Hall–Kier alpha value is -2.17. The molecule has 2 N–H and O–H groups in total. The van der Waals surface area contributed by atoms with Crippen molar-refractivity contribution in [2.45, 2.75) is 32.6 Å². The number of amides is 2. The summed E-state index contributed by atoms with van der Waals surface area (Å²) in [6.07, 6.45) is 2.06. The Bertz CT molecular complexity index is 441. The molecule has 0 fully saturated rings. The topological polar surface area (TPSA) is 75.3 Å². The van der Waals surface area contributed by atoms with Gasteiger partial charge in [0, 0.05) is 12.8 Å². The molecule has 19 heavy (non-hydrogen) atoms. The molecule has 102 valence electrons. The van der Waals surface area contributed by atoms with E-state index in [1.165, 1.54) is 5.56 Å². The summed E-state index contributed by atoms with van der Waals surface area (Å²) >= 11 is 0. The molecule has 0 saturated heterocycles. The number of aldehydes is 1.